The van der Waals surface area contributed by atoms with Crippen LogP contribution in [0.4, 0.5) is 0 Å². The van der Waals surface area contributed by atoms with Crippen LogP contribution >= 0.6 is 11.3 Å². The molecule has 0 spiro atoms. The fraction of sp³-hybridized carbons (Fsp3) is 0.308. The quantitative estimate of drug-likeness (QED) is 0.630. The van der Waals surface area contributed by atoms with Crippen LogP contribution in [0, 0.1) is 0 Å². The van der Waals surface area contributed by atoms with Gasteiger partial charge in [0.25, 0.3) is 0 Å². The number of nitrogens with two attached hydrogens (primary N) is 1. The molecule has 90 valence electrons. The smallest absolute Gasteiger partial charge is 0.0511 e. The molecule has 2 aromatic rings. The molecule has 3 N–H and O–H groups in total. The minimum atomic E-state index is 0.159. The first-order valence-corrected chi connectivity index (χ1v) is 6.64. The molecule has 0 amide bonds. The van der Waals surface area contributed by atoms with E-state index in [4.69, 9.17) is 5.84 Å². The molecule has 2 heterocycles. The van der Waals surface area contributed by atoms with Crippen molar-refractivity contribution in [2.24, 2.45) is 5.84 Å². The maximum atomic E-state index is 5.68. The lowest BCUT2D eigenvalue weighted by atomic mass is 9.98. The molecule has 0 saturated carbocycles. The largest absolute Gasteiger partial charge is 0.271 e. The Labute approximate surface area is 106 Å². The summed E-state index contributed by atoms with van der Waals surface area (Å²) in [5, 5.41) is 2.09. The predicted molar refractivity (Wildman–Crippen MR) is 71.7 cm³/mol. The summed E-state index contributed by atoms with van der Waals surface area (Å²) in [5.74, 6) is 5.68. The van der Waals surface area contributed by atoms with Gasteiger partial charge in [0.2, 0.25) is 0 Å². The van der Waals surface area contributed by atoms with Crippen molar-refractivity contribution < 1.29 is 0 Å². The van der Waals surface area contributed by atoms with Gasteiger partial charge in [-0.1, -0.05) is 13.0 Å². The summed E-state index contributed by atoms with van der Waals surface area (Å²) in [6.07, 6.45) is 5.65. The number of hydrazine groups is 1. The topological polar surface area (TPSA) is 50.9 Å². The van der Waals surface area contributed by atoms with Gasteiger partial charge in [0.15, 0.2) is 0 Å². The second-order valence-corrected chi connectivity index (χ2v) is 4.96. The molecule has 0 saturated heterocycles. The van der Waals surface area contributed by atoms with Crippen LogP contribution in [0.1, 0.15) is 29.0 Å². The first kappa shape index (κ1) is 12.2. The van der Waals surface area contributed by atoms with Crippen LogP contribution in [0.3, 0.4) is 0 Å². The third-order valence-corrected chi connectivity index (χ3v) is 3.78. The van der Waals surface area contributed by atoms with Gasteiger partial charge in [-0.2, -0.15) is 0 Å². The van der Waals surface area contributed by atoms with E-state index in [1.807, 2.05) is 12.4 Å². The van der Waals surface area contributed by atoms with E-state index in [2.05, 4.69) is 40.9 Å². The normalized spacial score (nSPS) is 12.6. The van der Waals surface area contributed by atoms with E-state index in [1.54, 1.807) is 11.3 Å². The summed E-state index contributed by atoms with van der Waals surface area (Å²) >= 11 is 1.76. The second-order valence-electron chi connectivity index (χ2n) is 3.93. The fourth-order valence-electron chi connectivity index (χ4n) is 1.96. The zero-order chi connectivity index (χ0) is 12.1. The third-order valence-electron chi connectivity index (χ3n) is 2.88. The van der Waals surface area contributed by atoms with Gasteiger partial charge in [-0.3, -0.25) is 16.3 Å². The number of aromatic nitrogens is 1. The van der Waals surface area contributed by atoms with Crippen LogP contribution in [0.5, 0.6) is 0 Å². The van der Waals surface area contributed by atoms with Crippen LogP contribution in [0.2, 0.25) is 0 Å². The minimum Gasteiger partial charge on any atom is -0.271 e. The molecule has 2 aromatic heterocycles. The number of aryl methyl sites for hydroxylation is 1. The van der Waals surface area contributed by atoms with E-state index in [9.17, 15) is 0 Å². The van der Waals surface area contributed by atoms with Crippen molar-refractivity contribution in [3.8, 4) is 0 Å². The monoisotopic (exact) mass is 247 g/mol. The lowest BCUT2D eigenvalue weighted by Crippen LogP contribution is -2.30. The van der Waals surface area contributed by atoms with Gasteiger partial charge in [-0.05, 0) is 35.1 Å². The fourth-order valence-corrected chi connectivity index (χ4v) is 2.71. The standard InChI is InChI=1S/C13H17N3S/c1-2-10-9-15-6-5-12(10)13(16-14)8-11-4-3-7-17-11/h3-7,9,13,16H,2,8,14H2,1H3. The molecule has 0 aliphatic heterocycles. The first-order chi connectivity index (χ1) is 8.35. The SMILES string of the molecule is CCc1cnccc1C(Cc1cccs1)NN. The summed E-state index contributed by atoms with van der Waals surface area (Å²) < 4.78 is 0. The minimum absolute atomic E-state index is 0.159. The molecule has 0 aliphatic rings. The van der Waals surface area contributed by atoms with Crippen LogP contribution in [0.25, 0.3) is 0 Å². The number of nitrogens with one attached hydrogen (secondary N) is 1. The van der Waals surface area contributed by atoms with E-state index < -0.39 is 0 Å². The highest BCUT2D eigenvalue weighted by atomic mass is 32.1. The van der Waals surface area contributed by atoms with Crippen LogP contribution in [-0.2, 0) is 12.8 Å². The summed E-state index contributed by atoms with van der Waals surface area (Å²) in [5.41, 5.74) is 5.42. The van der Waals surface area contributed by atoms with Gasteiger partial charge in [0.05, 0.1) is 6.04 Å². The molecule has 1 unspecified atom stereocenters. The van der Waals surface area contributed by atoms with Gasteiger partial charge in [0.1, 0.15) is 0 Å². The van der Waals surface area contributed by atoms with Crippen molar-refractivity contribution in [3.63, 3.8) is 0 Å². The molecule has 0 aromatic carbocycles. The molecular formula is C13H17N3S. The zero-order valence-corrected chi connectivity index (χ0v) is 10.7. The summed E-state index contributed by atoms with van der Waals surface area (Å²) in [6.45, 7) is 2.14. The lowest BCUT2D eigenvalue weighted by molar-refractivity contribution is 0.550. The van der Waals surface area contributed by atoms with Gasteiger partial charge in [0, 0.05) is 23.7 Å². The van der Waals surface area contributed by atoms with Crippen molar-refractivity contribution in [3.05, 3.63) is 52.0 Å². The van der Waals surface area contributed by atoms with Crippen molar-refractivity contribution >= 4 is 11.3 Å². The molecule has 17 heavy (non-hydrogen) atoms. The molecule has 0 aliphatic carbocycles. The summed E-state index contributed by atoms with van der Waals surface area (Å²) in [6, 6.07) is 6.42. The molecule has 0 bridgehead atoms. The maximum Gasteiger partial charge on any atom is 0.0511 e. The van der Waals surface area contributed by atoms with E-state index in [0.29, 0.717) is 0 Å². The Kier molecular flexibility index (Phi) is 4.25. The number of pyridine rings is 1. The van der Waals surface area contributed by atoms with Gasteiger partial charge >= 0.3 is 0 Å². The molecule has 0 radical (unpaired) electrons. The Morgan fingerprint density at radius 2 is 2.35 bits per heavy atom. The lowest BCUT2D eigenvalue weighted by Gasteiger charge is -2.18. The molecule has 1 atom stereocenters. The Morgan fingerprint density at radius 3 is 3.00 bits per heavy atom. The van der Waals surface area contributed by atoms with E-state index >= 15 is 0 Å². The predicted octanol–water partition coefficient (Wildman–Crippen LogP) is 2.45. The average molecular weight is 247 g/mol. The third kappa shape index (κ3) is 2.91. The maximum absolute atomic E-state index is 5.68. The van der Waals surface area contributed by atoms with Crippen LogP contribution in [-0.4, -0.2) is 4.98 Å². The first-order valence-electron chi connectivity index (χ1n) is 5.76. The highest BCUT2D eigenvalue weighted by Crippen LogP contribution is 2.23. The number of hydrogen-bond acceptors (Lipinski definition) is 4. The van der Waals surface area contributed by atoms with Crippen molar-refractivity contribution in [1.82, 2.24) is 10.4 Å². The van der Waals surface area contributed by atoms with Gasteiger partial charge in [-0.15, -0.1) is 11.3 Å². The summed E-state index contributed by atoms with van der Waals surface area (Å²) in [4.78, 5) is 5.50. The average Bonchev–Trinajstić information content (AvgIpc) is 2.89. The van der Waals surface area contributed by atoms with E-state index in [-0.39, 0.29) is 6.04 Å². The summed E-state index contributed by atoms with van der Waals surface area (Å²) in [7, 11) is 0. The number of rotatable bonds is 5. The Balaban J connectivity index is 2.22. The van der Waals surface area contributed by atoms with Gasteiger partial charge < -0.3 is 0 Å². The zero-order valence-electron chi connectivity index (χ0n) is 9.89. The van der Waals surface area contributed by atoms with Crippen molar-refractivity contribution in [2.75, 3.05) is 0 Å². The van der Waals surface area contributed by atoms with Gasteiger partial charge in [-0.25, -0.2) is 0 Å². The van der Waals surface area contributed by atoms with Crippen molar-refractivity contribution in [1.29, 1.82) is 0 Å². The van der Waals surface area contributed by atoms with Crippen LogP contribution < -0.4 is 11.3 Å². The highest BCUT2D eigenvalue weighted by Gasteiger charge is 2.14. The highest BCUT2D eigenvalue weighted by molar-refractivity contribution is 7.09. The molecular weight excluding hydrogens is 230 g/mol. The number of nitrogens with zero attached hydrogens (tertiary/aromatic N) is 1. The van der Waals surface area contributed by atoms with E-state index in [1.165, 1.54) is 16.0 Å². The number of thiophene rings is 1. The molecule has 3 nitrogen and oxygen atoms in total. The Hall–Kier alpha value is -1.23. The second kappa shape index (κ2) is 5.91. The Bertz CT molecular complexity index is 453. The number of hydrogen-bond donors (Lipinski definition) is 2. The molecule has 0 fully saturated rings. The Morgan fingerprint density at radius 1 is 1.47 bits per heavy atom. The van der Waals surface area contributed by atoms with E-state index in [0.717, 1.165) is 12.8 Å². The van der Waals surface area contributed by atoms with Crippen molar-refractivity contribution in [2.45, 2.75) is 25.8 Å². The molecule has 4 heteroatoms. The molecule has 2 rings (SSSR count). The van der Waals surface area contributed by atoms with Crippen LogP contribution in [0.15, 0.2) is 36.0 Å².